The zero-order valence-electron chi connectivity index (χ0n) is 8.55. The summed E-state index contributed by atoms with van der Waals surface area (Å²) in [4.78, 5) is 4.38. The third-order valence-electron chi connectivity index (χ3n) is 2.69. The highest BCUT2D eigenvalue weighted by molar-refractivity contribution is 5.83. The smallest absolute Gasteiger partial charge is 0.0955 e. The fourth-order valence-corrected chi connectivity index (χ4v) is 1.85. The second kappa shape index (κ2) is 2.59. The van der Waals surface area contributed by atoms with Gasteiger partial charge in [0.05, 0.1) is 17.4 Å². The lowest BCUT2D eigenvalue weighted by molar-refractivity contribution is 0.942. The van der Waals surface area contributed by atoms with Crippen molar-refractivity contribution in [3.63, 3.8) is 0 Å². The minimum Gasteiger partial charge on any atom is -0.333 e. The first-order valence-corrected chi connectivity index (χ1v) is 4.49. The summed E-state index contributed by atoms with van der Waals surface area (Å²) in [6.45, 7) is 6.41. The van der Waals surface area contributed by atoms with E-state index >= 15 is 0 Å². The SMILES string of the molecule is Cc1cc(C)c2ncn(C)c2c1C. The first kappa shape index (κ1) is 8.30. The highest BCUT2D eigenvalue weighted by Crippen LogP contribution is 2.23. The Morgan fingerprint density at radius 3 is 2.54 bits per heavy atom. The molecule has 0 spiro atoms. The molecule has 0 bridgehead atoms. The molecule has 0 aliphatic carbocycles. The number of nitrogens with zero attached hydrogens (tertiary/aromatic N) is 2. The maximum absolute atomic E-state index is 4.38. The van der Waals surface area contributed by atoms with Crippen molar-refractivity contribution in [3.8, 4) is 0 Å². The molecule has 0 atom stereocenters. The van der Waals surface area contributed by atoms with Crippen LogP contribution in [0.5, 0.6) is 0 Å². The Labute approximate surface area is 78.2 Å². The molecule has 2 nitrogen and oxygen atoms in total. The van der Waals surface area contributed by atoms with Crippen molar-refractivity contribution in [1.82, 2.24) is 9.55 Å². The molecule has 1 aromatic carbocycles. The van der Waals surface area contributed by atoms with E-state index in [-0.39, 0.29) is 0 Å². The Morgan fingerprint density at radius 1 is 1.15 bits per heavy atom. The van der Waals surface area contributed by atoms with E-state index in [4.69, 9.17) is 0 Å². The van der Waals surface area contributed by atoms with Crippen molar-refractivity contribution < 1.29 is 0 Å². The average Bonchev–Trinajstić information content (AvgIpc) is 2.44. The van der Waals surface area contributed by atoms with Gasteiger partial charge in [0.2, 0.25) is 0 Å². The van der Waals surface area contributed by atoms with Gasteiger partial charge in [-0.2, -0.15) is 0 Å². The first-order valence-electron chi connectivity index (χ1n) is 4.49. The van der Waals surface area contributed by atoms with Crippen molar-refractivity contribution in [2.45, 2.75) is 20.8 Å². The van der Waals surface area contributed by atoms with Crippen LogP contribution >= 0.6 is 0 Å². The van der Waals surface area contributed by atoms with Crippen LogP contribution in [0.1, 0.15) is 16.7 Å². The van der Waals surface area contributed by atoms with Crippen LogP contribution in [0.25, 0.3) is 11.0 Å². The number of hydrogen-bond acceptors (Lipinski definition) is 1. The van der Waals surface area contributed by atoms with Crippen molar-refractivity contribution in [2.24, 2.45) is 7.05 Å². The lowest BCUT2D eigenvalue weighted by Gasteiger charge is -2.05. The van der Waals surface area contributed by atoms with E-state index in [0.29, 0.717) is 0 Å². The minimum absolute atomic E-state index is 1.13. The predicted octanol–water partition coefficient (Wildman–Crippen LogP) is 2.50. The Kier molecular flexibility index (Phi) is 1.65. The van der Waals surface area contributed by atoms with Gasteiger partial charge in [-0.1, -0.05) is 6.07 Å². The molecule has 0 radical (unpaired) electrons. The second-order valence-corrected chi connectivity index (χ2v) is 3.69. The van der Waals surface area contributed by atoms with Crippen LogP contribution < -0.4 is 0 Å². The Morgan fingerprint density at radius 2 is 1.85 bits per heavy atom. The van der Waals surface area contributed by atoms with Crippen LogP contribution in [0.15, 0.2) is 12.4 Å². The van der Waals surface area contributed by atoms with Crippen molar-refractivity contribution >= 4 is 11.0 Å². The van der Waals surface area contributed by atoms with Gasteiger partial charge >= 0.3 is 0 Å². The van der Waals surface area contributed by atoms with E-state index in [1.54, 1.807) is 0 Å². The molecule has 68 valence electrons. The summed E-state index contributed by atoms with van der Waals surface area (Å²) in [5.74, 6) is 0. The molecule has 1 aromatic heterocycles. The maximum atomic E-state index is 4.38. The summed E-state index contributed by atoms with van der Waals surface area (Å²) in [6.07, 6.45) is 1.88. The topological polar surface area (TPSA) is 17.8 Å². The third kappa shape index (κ3) is 1.05. The summed E-state index contributed by atoms with van der Waals surface area (Å²) in [6, 6.07) is 2.20. The Bertz CT molecular complexity index is 466. The van der Waals surface area contributed by atoms with Gasteiger partial charge in [-0.05, 0) is 37.5 Å². The molecule has 2 aromatic rings. The van der Waals surface area contributed by atoms with Crippen LogP contribution in [0.3, 0.4) is 0 Å². The Hall–Kier alpha value is -1.31. The van der Waals surface area contributed by atoms with Gasteiger partial charge in [0.1, 0.15) is 0 Å². The van der Waals surface area contributed by atoms with Gasteiger partial charge in [-0.3, -0.25) is 0 Å². The molecule has 2 rings (SSSR count). The summed E-state index contributed by atoms with van der Waals surface area (Å²) in [7, 11) is 2.04. The third-order valence-corrected chi connectivity index (χ3v) is 2.69. The fourth-order valence-electron chi connectivity index (χ4n) is 1.85. The number of aryl methyl sites for hydroxylation is 4. The first-order chi connectivity index (χ1) is 6.11. The molecule has 13 heavy (non-hydrogen) atoms. The summed E-state index contributed by atoms with van der Waals surface area (Å²) in [5, 5.41) is 0. The number of benzene rings is 1. The van der Waals surface area contributed by atoms with Gasteiger partial charge < -0.3 is 4.57 Å². The summed E-state index contributed by atoms with van der Waals surface area (Å²) < 4.78 is 2.09. The molecular weight excluding hydrogens is 160 g/mol. The number of aromatic nitrogens is 2. The highest BCUT2D eigenvalue weighted by Gasteiger charge is 2.07. The van der Waals surface area contributed by atoms with E-state index < -0.39 is 0 Å². The minimum atomic E-state index is 1.13. The summed E-state index contributed by atoms with van der Waals surface area (Å²) in [5.41, 5.74) is 6.33. The molecule has 0 fully saturated rings. The average molecular weight is 174 g/mol. The molecule has 0 aliphatic rings. The number of hydrogen-bond donors (Lipinski definition) is 0. The largest absolute Gasteiger partial charge is 0.333 e. The number of fused-ring (bicyclic) bond motifs is 1. The monoisotopic (exact) mass is 174 g/mol. The molecule has 0 unspecified atom stereocenters. The molecule has 1 heterocycles. The van der Waals surface area contributed by atoms with E-state index in [9.17, 15) is 0 Å². The Balaban J connectivity index is 3.00. The fraction of sp³-hybridized carbons (Fsp3) is 0.364. The molecule has 2 heteroatoms. The van der Waals surface area contributed by atoms with Crippen molar-refractivity contribution in [1.29, 1.82) is 0 Å². The van der Waals surface area contributed by atoms with E-state index in [0.717, 1.165) is 5.52 Å². The lowest BCUT2D eigenvalue weighted by atomic mass is 10.0. The molecule has 0 saturated heterocycles. The molecule has 0 aliphatic heterocycles. The van der Waals surface area contributed by atoms with Crippen LogP contribution in [0.2, 0.25) is 0 Å². The quantitative estimate of drug-likeness (QED) is 0.600. The van der Waals surface area contributed by atoms with Crippen LogP contribution in [0.4, 0.5) is 0 Å². The van der Waals surface area contributed by atoms with E-state index in [1.807, 2.05) is 13.4 Å². The van der Waals surface area contributed by atoms with Crippen LogP contribution in [0, 0.1) is 20.8 Å². The lowest BCUT2D eigenvalue weighted by Crippen LogP contribution is -1.91. The van der Waals surface area contributed by atoms with Crippen LogP contribution in [-0.4, -0.2) is 9.55 Å². The number of imidazole rings is 1. The standard InChI is InChI=1S/C11H14N2/c1-7-5-8(2)10-11(9(7)3)13(4)6-12-10/h5-6H,1-4H3. The van der Waals surface area contributed by atoms with Gasteiger partial charge in [-0.25, -0.2) is 4.98 Å². The number of rotatable bonds is 0. The summed E-state index contributed by atoms with van der Waals surface area (Å²) >= 11 is 0. The van der Waals surface area contributed by atoms with Gasteiger partial charge in [-0.15, -0.1) is 0 Å². The van der Waals surface area contributed by atoms with Gasteiger partial charge in [0.15, 0.2) is 0 Å². The van der Waals surface area contributed by atoms with E-state index in [2.05, 4.69) is 36.4 Å². The predicted molar refractivity (Wildman–Crippen MR) is 54.9 cm³/mol. The van der Waals surface area contributed by atoms with E-state index in [1.165, 1.54) is 22.2 Å². The normalized spacial score (nSPS) is 11.1. The van der Waals surface area contributed by atoms with Gasteiger partial charge in [0, 0.05) is 7.05 Å². The van der Waals surface area contributed by atoms with Crippen LogP contribution in [-0.2, 0) is 7.05 Å². The molecule has 0 N–H and O–H groups in total. The zero-order valence-corrected chi connectivity index (χ0v) is 8.55. The van der Waals surface area contributed by atoms with Crippen molar-refractivity contribution in [2.75, 3.05) is 0 Å². The maximum Gasteiger partial charge on any atom is 0.0955 e. The molecule has 0 amide bonds. The zero-order chi connectivity index (χ0) is 9.59. The highest BCUT2D eigenvalue weighted by atomic mass is 15.0. The molecular formula is C11H14N2. The van der Waals surface area contributed by atoms with Gasteiger partial charge in [0.25, 0.3) is 0 Å². The molecule has 0 saturated carbocycles. The second-order valence-electron chi connectivity index (χ2n) is 3.69. The van der Waals surface area contributed by atoms with Crippen molar-refractivity contribution in [3.05, 3.63) is 29.1 Å².